The number of hydrogen-bond donors (Lipinski definition) is 5. The number of hydrogen-bond acceptors (Lipinski definition) is 8. The van der Waals surface area contributed by atoms with Gasteiger partial charge in [0.1, 0.15) is 5.84 Å². The molecule has 5 aliphatic rings. The second-order valence-corrected chi connectivity index (χ2v) is 12.8. The smallest absolute Gasteiger partial charge is 0.108 e. The molecule has 1 aromatic heterocycles. The van der Waals surface area contributed by atoms with Crippen LogP contribution in [0.5, 0.6) is 0 Å². The molecule has 9 heteroatoms. The van der Waals surface area contributed by atoms with E-state index in [0.29, 0.717) is 17.7 Å². The van der Waals surface area contributed by atoms with Crippen molar-refractivity contribution in [1.29, 1.82) is 5.41 Å². The van der Waals surface area contributed by atoms with Crippen LogP contribution in [0.25, 0.3) is 0 Å². The number of benzene rings is 1. The molecule has 0 spiro atoms. The summed E-state index contributed by atoms with van der Waals surface area (Å²) in [5.41, 5.74) is 15.9. The Morgan fingerprint density at radius 3 is 2.68 bits per heavy atom. The first kappa shape index (κ1) is 25.8. The van der Waals surface area contributed by atoms with Crippen LogP contribution in [0.2, 0.25) is 0 Å². The molecule has 204 valence electrons. The molecule has 4 bridgehead atoms. The molecule has 7 N–H and O–H groups in total. The zero-order chi connectivity index (χ0) is 26.4. The highest BCUT2D eigenvalue weighted by molar-refractivity contribution is 7.10. The van der Waals surface area contributed by atoms with E-state index in [0.717, 1.165) is 69.0 Å². The van der Waals surface area contributed by atoms with E-state index in [1.807, 2.05) is 17.5 Å². The number of β-amino-alcohol motifs (C(OH)–C–C–N with tert-alkyl or cyclic N) is 1. The molecule has 7 atom stereocenters. The SMILES string of the molecule is N=CC(C(N)=NC1C2CC3CC(O)(C2)CC1C3c1cc(N2CCN(CCO)CC2)ccc1N)c1cccs1. The predicted molar refractivity (Wildman–Crippen MR) is 154 cm³/mol. The Morgan fingerprint density at radius 2 is 1.97 bits per heavy atom. The average molecular weight is 537 g/mol. The number of anilines is 2. The van der Waals surface area contributed by atoms with Crippen molar-refractivity contribution in [2.45, 2.75) is 49.2 Å². The first-order chi connectivity index (χ1) is 18.4. The number of nitrogen functional groups attached to an aromatic ring is 1. The average Bonchev–Trinajstić information content (AvgIpc) is 3.42. The zero-order valence-electron chi connectivity index (χ0n) is 21.9. The summed E-state index contributed by atoms with van der Waals surface area (Å²) in [5.74, 6) is 1.33. The molecule has 1 aromatic carbocycles. The third kappa shape index (κ3) is 4.63. The zero-order valence-corrected chi connectivity index (χ0v) is 22.7. The summed E-state index contributed by atoms with van der Waals surface area (Å²) in [4.78, 5) is 10.9. The Hall–Kier alpha value is -2.46. The molecular formula is C29H40N6O2S. The van der Waals surface area contributed by atoms with Gasteiger partial charge in [-0.3, -0.25) is 9.89 Å². The number of aliphatic hydroxyl groups is 2. The van der Waals surface area contributed by atoms with Gasteiger partial charge in [-0.25, -0.2) is 0 Å². The van der Waals surface area contributed by atoms with Crippen LogP contribution < -0.4 is 16.4 Å². The maximum absolute atomic E-state index is 11.4. The third-order valence-corrected chi connectivity index (χ3v) is 10.6. The van der Waals surface area contributed by atoms with Crippen molar-refractivity contribution in [2.75, 3.05) is 50.0 Å². The van der Waals surface area contributed by atoms with Crippen molar-refractivity contribution in [3.63, 3.8) is 0 Å². The number of nitrogens with zero attached hydrogens (tertiary/aromatic N) is 3. The summed E-state index contributed by atoms with van der Waals surface area (Å²) in [6.07, 6.45) is 4.77. The number of piperazine rings is 1. The Balaban J connectivity index is 1.30. The Kier molecular flexibility index (Phi) is 6.97. The van der Waals surface area contributed by atoms with E-state index in [-0.39, 0.29) is 30.4 Å². The van der Waals surface area contributed by atoms with E-state index >= 15 is 0 Å². The van der Waals surface area contributed by atoms with E-state index < -0.39 is 5.60 Å². The first-order valence-electron chi connectivity index (χ1n) is 14.0. The summed E-state index contributed by atoms with van der Waals surface area (Å²) in [6.45, 7) is 4.68. The number of aliphatic imine (C=N–C) groups is 1. The molecule has 38 heavy (non-hydrogen) atoms. The van der Waals surface area contributed by atoms with E-state index in [1.165, 1.54) is 17.5 Å². The van der Waals surface area contributed by atoms with Gasteiger partial charge in [0.25, 0.3) is 0 Å². The largest absolute Gasteiger partial charge is 0.398 e. The molecule has 1 saturated heterocycles. The van der Waals surface area contributed by atoms with Crippen molar-refractivity contribution in [2.24, 2.45) is 28.5 Å². The summed E-state index contributed by atoms with van der Waals surface area (Å²) >= 11 is 1.60. The van der Waals surface area contributed by atoms with Gasteiger partial charge in [0.2, 0.25) is 0 Å². The molecule has 5 fully saturated rings. The molecular weight excluding hydrogens is 496 g/mol. The summed E-state index contributed by atoms with van der Waals surface area (Å²) in [5, 5.41) is 30.8. The normalized spacial score (nSPS) is 34.0. The third-order valence-electron chi connectivity index (χ3n) is 9.61. The van der Waals surface area contributed by atoms with Crippen LogP contribution in [0, 0.1) is 23.2 Å². The summed E-state index contributed by atoms with van der Waals surface area (Å²) < 4.78 is 0. The molecule has 0 radical (unpaired) electrons. The fourth-order valence-corrected chi connectivity index (χ4v) is 8.86. The Morgan fingerprint density at radius 1 is 1.18 bits per heavy atom. The van der Waals surface area contributed by atoms with E-state index in [1.54, 1.807) is 11.3 Å². The second kappa shape index (κ2) is 10.3. The fourth-order valence-electron chi connectivity index (χ4n) is 8.05. The van der Waals surface area contributed by atoms with Gasteiger partial charge in [-0.1, -0.05) is 6.07 Å². The lowest BCUT2D eigenvalue weighted by atomic mass is 9.47. The second-order valence-electron chi connectivity index (χ2n) is 11.9. The number of amidine groups is 1. The lowest BCUT2D eigenvalue weighted by Crippen LogP contribution is -2.59. The van der Waals surface area contributed by atoms with Crippen LogP contribution in [-0.2, 0) is 0 Å². The van der Waals surface area contributed by atoms with E-state index in [9.17, 15) is 10.2 Å². The van der Waals surface area contributed by atoms with E-state index in [4.69, 9.17) is 21.9 Å². The van der Waals surface area contributed by atoms with Crippen LogP contribution in [-0.4, -0.2) is 78.1 Å². The van der Waals surface area contributed by atoms with Crippen LogP contribution in [0.4, 0.5) is 11.4 Å². The summed E-state index contributed by atoms with van der Waals surface area (Å²) in [6, 6.07) is 10.5. The van der Waals surface area contributed by atoms with Gasteiger partial charge in [-0.05, 0) is 84.6 Å². The minimum absolute atomic E-state index is 0.0318. The maximum atomic E-state index is 11.4. The van der Waals surface area contributed by atoms with Crippen molar-refractivity contribution < 1.29 is 10.2 Å². The van der Waals surface area contributed by atoms with Gasteiger partial charge in [0.15, 0.2) is 0 Å². The van der Waals surface area contributed by atoms with Gasteiger partial charge in [-0.15, -0.1) is 11.3 Å². The van der Waals surface area contributed by atoms with Gasteiger partial charge in [0.05, 0.1) is 24.2 Å². The van der Waals surface area contributed by atoms with Gasteiger partial charge < -0.3 is 32.0 Å². The minimum Gasteiger partial charge on any atom is -0.398 e. The quantitative estimate of drug-likeness (QED) is 0.200. The van der Waals surface area contributed by atoms with Gasteiger partial charge in [-0.2, -0.15) is 0 Å². The van der Waals surface area contributed by atoms with E-state index in [2.05, 4.69) is 28.0 Å². The number of nitrogens with one attached hydrogen (secondary N) is 1. The molecule has 4 aliphatic carbocycles. The van der Waals surface area contributed by atoms with Gasteiger partial charge in [0, 0.05) is 55.2 Å². The Bertz CT molecular complexity index is 1180. The molecule has 2 aromatic rings. The number of nitrogens with two attached hydrogens (primary N) is 2. The monoisotopic (exact) mass is 536 g/mol. The highest BCUT2D eigenvalue weighted by Gasteiger charge is 2.59. The van der Waals surface area contributed by atoms with Crippen LogP contribution in [0.3, 0.4) is 0 Å². The standard InChI is InChI=1S/C29H40N6O2S/c30-17-23(25-2-1-11-38-25)28(32)33-27-19-12-18-14-29(37,15-19)16-22(27)26(18)21-13-20(3-4-24(21)31)35-7-5-34(6-8-35)9-10-36/h1-4,11,13,17-19,22-23,26-27,30,36-37H,5-10,12,14-16,31H2,(H2,32,33). The fraction of sp³-hybridized carbons (Fsp3) is 0.586. The molecule has 0 amide bonds. The predicted octanol–water partition coefficient (Wildman–Crippen LogP) is 2.87. The van der Waals surface area contributed by atoms with Crippen molar-refractivity contribution in [1.82, 2.24) is 4.90 Å². The number of rotatable bonds is 8. The van der Waals surface area contributed by atoms with Crippen LogP contribution in [0.1, 0.15) is 48.0 Å². The molecule has 7 rings (SSSR count). The summed E-state index contributed by atoms with van der Waals surface area (Å²) in [7, 11) is 0. The minimum atomic E-state index is -0.611. The topological polar surface area (TPSA) is 135 Å². The molecule has 1 aliphatic heterocycles. The van der Waals surface area contributed by atoms with Crippen LogP contribution in [0.15, 0.2) is 40.7 Å². The van der Waals surface area contributed by atoms with Crippen molar-refractivity contribution in [3.8, 4) is 0 Å². The maximum Gasteiger partial charge on any atom is 0.108 e. The first-order valence-corrected chi connectivity index (χ1v) is 14.8. The molecule has 2 heterocycles. The van der Waals surface area contributed by atoms with Crippen LogP contribution >= 0.6 is 11.3 Å². The number of thiophene rings is 1. The molecule has 4 saturated carbocycles. The Labute approximate surface area is 228 Å². The van der Waals surface area contributed by atoms with Gasteiger partial charge >= 0.3 is 0 Å². The lowest BCUT2D eigenvalue weighted by molar-refractivity contribution is -0.143. The lowest BCUT2D eigenvalue weighted by Gasteiger charge is -2.60. The highest BCUT2D eigenvalue weighted by atomic mass is 32.1. The highest BCUT2D eigenvalue weighted by Crippen LogP contribution is 2.63. The van der Waals surface area contributed by atoms with Crippen molar-refractivity contribution in [3.05, 3.63) is 46.2 Å². The molecule has 7 unspecified atom stereocenters. The molecule has 8 nitrogen and oxygen atoms in total. The van der Waals surface area contributed by atoms with Crippen molar-refractivity contribution >= 4 is 34.8 Å². The number of aliphatic hydroxyl groups excluding tert-OH is 1.